The topological polar surface area (TPSA) is 93.2 Å². The SMILES string of the molecule is COc1cc(OC)cc(N2CCN(S(=O)(=O)c3ccc(NCC(OC)c4cccc(F)c4)nc3)CC2)c1. The molecule has 0 bridgehead atoms. The van der Waals surface area contributed by atoms with Crippen molar-refractivity contribution < 1.29 is 27.0 Å². The summed E-state index contributed by atoms with van der Waals surface area (Å²) in [7, 11) is 1.04. The molecule has 1 N–H and O–H groups in total. The van der Waals surface area contributed by atoms with Crippen molar-refractivity contribution in [3.63, 3.8) is 0 Å². The molecule has 1 aliphatic rings. The minimum atomic E-state index is -3.69. The van der Waals surface area contributed by atoms with E-state index in [2.05, 4.69) is 15.2 Å². The molecule has 2 heterocycles. The summed E-state index contributed by atoms with van der Waals surface area (Å²) in [6.45, 7) is 2.08. The Labute approximate surface area is 216 Å². The number of pyridine rings is 1. The van der Waals surface area contributed by atoms with Gasteiger partial charge in [-0.05, 0) is 29.8 Å². The summed E-state index contributed by atoms with van der Waals surface area (Å²) in [4.78, 5) is 6.51. The number of ether oxygens (including phenoxy) is 3. The highest BCUT2D eigenvalue weighted by atomic mass is 32.2. The molecule has 2 aromatic carbocycles. The largest absolute Gasteiger partial charge is 0.497 e. The normalized spacial score (nSPS) is 15.3. The Kier molecular flexibility index (Phi) is 8.47. The molecule has 4 rings (SSSR count). The van der Waals surface area contributed by atoms with E-state index in [1.807, 2.05) is 12.1 Å². The first-order chi connectivity index (χ1) is 17.8. The van der Waals surface area contributed by atoms with Gasteiger partial charge in [-0.1, -0.05) is 12.1 Å². The number of rotatable bonds is 10. The lowest BCUT2D eigenvalue weighted by Gasteiger charge is -2.35. The van der Waals surface area contributed by atoms with Gasteiger partial charge in [0.1, 0.15) is 28.0 Å². The molecule has 1 fully saturated rings. The van der Waals surface area contributed by atoms with Gasteiger partial charge >= 0.3 is 0 Å². The number of halogens is 1. The van der Waals surface area contributed by atoms with Crippen LogP contribution in [0.4, 0.5) is 15.9 Å². The lowest BCUT2D eigenvalue weighted by atomic mass is 10.1. The van der Waals surface area contributed by atoms with E-state index in [1.54, 1.807) is 45.6 Å². The summed E-state index contributed by atoms with van der Waals surface area (Å²) in [5, 5.41) is 3.12. The highest BCUT2D eigenvalue weighted by Crippen LogP contribution is 2.30. The number of anilines is 2. The number of nitrogens with zero attached hydrogens (tertiary/aromatic N) is 3. The van der Waals surface area contributed by atoms with Crippen LogP contribution in [-0.2, 0) is 14.8 Å². The Morgan fingerprint density at radius 3 is 2.24 bits per heavy atom. The van der Waals surface area contributed by atoms with Crippen molar-refractivity contribution in [1.29, 1.82) is 0 Å². The van der Waals surface area contributed by atoms with Crippen molar-refractivity contribution in [3.8, 4) is 11.5 Å². The highest BCUT2D eigenvalue weighted by Gasteiger charge is 2.29. The van der Waals surface area contributed by atoms with Crippen molar-refractivity contribution in [3.05, 3.63) is 72.2 Å². The number of piperazine rings is 1. The van der Waals surface area contributed by atoms with Gasteiger partial charge in [0.05, 0.1) is 20.3 Å². The molecular formula is C26H31FN4O5S. The summed E-state index contributed by atoms with van der Waals surface area (Å²) in [5.41, 5.74) is 1.61. The Balaban J connectivity index is 1.37. The number of nitrogens with one attached hydrogen (secondary N) is 1. The second-order valence-corrected chi connectivity index (χ2v) is 10.4. The maximum Gasteiger partial charge on any atom is 0.244 e. The molecule has 198 valence electrons. The average Bonchev–Trinajstić information content (AvgIpc) is 2.93. The molecule has 1 aliphatic heterocycles. The van der Waals surface area contributed by atoms with Crippen LogP contribution in [0.2, 0.25) is 0 Å². The standard InChI is InChI=1S/C26H31FN4O5S/c1-34-22-14-21(15-23(16-22)35-2)30-9-11-31(12-10-30)37(32,33)24-7-8-26(28-17-24)29-18-25(36-3)19-5-4-6-20(27)13-19/h4-8,13-17,25H,9-12,18H2,1-3H3,(H,28,29). The predicted molar refractivity (Wildman–Crippen MR) is 139 cm³/mol. The number of hydrogen-bond acceptors (Lipinski definition) is 8. The Morgan fingerprint density at radius 1 is 0.973 bits per heavy atom. The smallest absolute Gasteiger partial charge is 0.244 e. The van der Waals surface area contributed by atoms with Crippen molar-refractivity contribution in [2.45, 2.75) is 11.0 Å². The first kappa shape index (κ1) is 26.6. The highest BCUT2D eigenvalue weighted by molar-refractivity contribution is 7.89. The molecule has 1 atom stereocenters. The van der Waals surface area contributed by atoms with Gasteiger partial charge in [-0.25, -0.2) is 17.8 Å². The Bertz CT molecular complexity index is 1280. The number of benzene rings is 2. The van der Waals surface area contributed by atoms with Gasteiger partial charge in [0.25, 0.3) is 0 Å². The van der Waals surface area contributed by atoms with E-state index in [0.717, 1.165) is 5.69 Å². The van der Waals surface area contributed by atoms with E-state index in [-0.39, 0.29) is 16.8 Å². The van der Waals surface area contributed by atoms with Gasteiger partial charge in [0.2, 0.25) is 10.0 Å². The molecule has 1 aromatic heterocycles. The third kappa shape index (κ3) is 6.30. The van der Waals surface area contributed by atoms with Crippen LogP contribution in [0.15, 0.2) is 65.7 Å². The van der Waals surface area contributed by atoms with Crippen LogP contribution in [0.25, 0.3) is 0 Å². The Morgan fingerprint density at radius 2 is 1.68 bits per heavy atom. The zero-order valence-corrected chi connectivity index (χ0v) is 21.9. The van der Waals surface area contributed by atoms with E-state index in [9.17, 15) is 12.8 Å². The molecule has 0 amide bonds. The van der Waals surface area contributed by atoms with E-state index in [0.29, 0.717) is 55.6 Å². The minimum absolute atomic E-state index is 0.128. The molecule has 0 radical (unpaired) electrons. The molecule has 11 heteroatoms. The lowest BCUT2D eigenvalue weighted by Crippen LogP contribution is -2.48. The fraction of sp³-hybridized carbons (Fsp3) is 0.346. The lowest BCUT2D eigenvalue weighted by molar-refractivity contribution is 0.114. The van der Waals surface area contributed by atoms with Gasteiger partial charge in [-0.15, -0.1) is 0 Å². The van der Waals surface area contributed by atoms with Crippen LogP contribution in [0.5, 0.6) is 11.5 Å². The third-order valence-corrected chi connectivity index (χ3v) is 8.17. The van der Waals surface area contributed by atoms with Crippen molar-refractivity contribution in [1.82, 2.24) is 9.29 Å². The molecule has 1 unspecified atom stereocenters. The first-order valence-corrected chi connectivity index (χ1v) is 13.2. The van der Waals surface area contributed by atoms with E-state index in [4.69, 9.17) is 14.2 Å². The molecule has 0 spiro atoms. The van der Waals surface area contributed by atoms with Crippen LogP contribution in [-0.4, -0.2) is 71.8 Å². The fourth-order valence-electron chi connectivity index (χ4n) is 4.19. The molecular weight excluding hydrogens is 499 g/mol. The second kappa shape index (κ2) is 11.8. The van der Waals surface area contributed by atoms with Crippen LogP contribution < -0.4 is 19.7 Å². The summed E-state index contributed by atoms with van der Waals surface area (Å²) in [5.74, 6) is 1.51. The van der Waals surface area contributed by atoms with Gasteiger partial charge in [0, 0.05) is 69.9 Å². The zero-order valence-electron chi connectivity index (χ0n) is 21.1. The van der Waals surface area contributed by atoms with Gasteiger partial charge in [-0.3, -0.25) is 0 Å². The maximum absolute atomic E-state index is 13.5. The van der Waals surface area contributed by atoms with Crippen LogP contribution in [0, 0.1) is 5.82 Å². The summed E-state index contributed by atoms with van der Waals surface area (Å²) < 4.78 is 57.6. The zero-order chi connectivity index (χ0) is 26.4. The minimum Gasteiger partial charge on any atom is -0.497 e. The summed E-state index contributed by atoms with van der Waals surface area (Å²) in [6.07, 6.45) is 0.961. The maximum atomic E-state index is 13.5. The number of aromatic nitrogens is 1. The number of methoxy groups -OCH3 is 3. The quantitative estimate of drug-likeness (QED) is 0.426. The van der Waals surface area contributed by atoms with Crippen molar-refractivity contribution in [2.75, 3.05) is 64.3 Å². The molecule has 0 saturated carbocycles. The van der Waals surface area contributed by atoms with Crippen molar-refractivity contribution in [2.24, 2.45) is 0 Å². The van der Waals surface area contributed by atoms with Crippen LogP contribution in [0.1, 0.15) is 11.7 Å². The van der Waals surface area contributed by atoms with Crippen molar-refractivity contribution >= 4 is 21.5 Å². The number of sulfonamides is 1. The van der Waals surface area contributed by atoms with E-state index in [1.165, 1.54) is 28.7 Å². The molecule has 3 aromatic rings. The predicted octanol–water partition coefficient (Wildman–Crippen LogP) is 3.55. The van der Waals surface area contributed by atoms with Gasteiger partial charge in [0.15, 0.2) is 0 Å². The van der Waals surface area contributed by atoms with Gasteiger partial charge < -0.3 is 24.4 Å². The molecule has 1 saturated heterocycles. The monoisotopic (exact) mass is 530 g/mol. The number of hydrogen-bond donors (Lipinski definition) is 1. The second-order valence-electron chi connectivity index (χ2n) is 8.50. The first-order valence-electron chi connectivity index (χ1n) is 11.8. The fourth-order valence-corrected chi connectivity index (χ4v) is 5.56. The molecule has 37 heavy (non-hydrogen) atoms. The van der Waals surface area contributed by atoms with E-state index >= 15 is 0 Å². The molecule has 9 nitrogen and oxygen atoms in total. The van der Waals surface area contributed by atoms with Crippen LogP contribution in [0.3, 0.4) is 0 Å². The Hall–Kier alpha value is -3.41. The summed E-state index contributed by atoms with van der Waals surface area (Å²) in [6, 6.07) is 15.0. The van der Waals surface area contributed by atoms with Gasteiger partial charge in [-0.2, -0.15) is 4.31 Å². The third-order valence-electron chi connectivity index (χ3n) is 6.29. The van der Waals surface area contributed by atoms with Crippen LogP contribution >= 0.6 is 0 Å². The summed E-state index contributed by atoms with van der Waals surface area (Å²) >= 11 is 0. The molecule has 0 aliphatic carbocycles. The average molecular weight is 531 g/mol. The van der Waals surface area contributed by atoms with E-state index < -0.39 is 10.0 Å².